The summed E-state index contributed by atoms with van der Waals surface area (Å²) in [5.41, 5.74) is -4.60. The number of hydrogen-bond donors (Lipinski definition) is 2. The van der Waals surface area contributed by atoms with Gasteiger partial charge < -0.3 is 28.8 Å². The number of hydrogen-bond acceptors (Lipinski definition) is 10. The molecule has 0 bridgehead atoms. The number of phenols is 2. The quantitative estimate of drug-likeness (QED) is 0.143. The molecule has 1 heterocycles. The van der Waals surface area contributed by atoms with E-state index < -0.39 is 56.8 Å². The second kappa shape index (κ2) is 12.6. The summed E-state index contributed by atoms with van der Waals surface area (Å²) in [6, 6.07) is 5.89. The average Bonchev–Trinajstić information content (AvgIpc) is 2.94. The van der Waals surface area contributed by atoms with E-state index in [1.165, 1.54) is 32.0 Å². The van der Waals surface area contributed by atoms with Gasteiger partial charge in [-0.15, -0.1) is 34.8 Å². The molecule has 0 saturated heterocycles. The maximum absolute atomic E-state index is 13.6. The summed E-state index contributed by atoms with van der Waals surface area (Å²) in [5, 5.41) is 20.1. The highest BCUT2D eigenvalue weighted by Crippen LogP contribution is 2.41. The van der Waals surface area contributed by atoms with Crippen LogP contribution in [0.2, 0.25) is 0 Å². The van der Waals surface area contributed by atoms with Gasteiger partial charge in [0.05, 0.1) is 16.2 Å². The second-order valence-corrected chi connectivity index (χ2v) is 12.6. The Balaban J connectivity index is 2.31. The first-order chi connectivity index (χ1) is 19.9. The third kappa shape index (κ3) is 7.20. The number of alkyl halides is 3. The van der Waals surface area contributed by atoms with Crippen molar-refractivity contribution in [3.63, 3.8) is 0 Å². The third-order valence-electron chi connectivity index (χ3n) is 6.38. The minimum Gasteiger partial charge on any atom is -0.508 e. The fourth-order valence-electron chi connectivity index (χ4n) is 3.23. The SMILES string of the molecule is CC(C)(CCl)C(=O)Oc1ccc(-c2oc3cc(O)cc(O)c3c(=O)c2OC(=O)C(C)(C)CCl)cc1OC(=O)C(C)(C)CCl. The molecule has 0 aliphatic heterocycles. The zero-order valence-corrected chi connectivity index (χ0v) is 26.6. The summed E-state index contributed by atoms with van der Waals surface area (Å²) in [6.07, 6.45) is 0. The van der Waals surface area contributed by atoms with Crippen LogP contribution in [0.5, 0.6) is 28.7 Å². The zero-order valence-electron chi connectivity index (χ0n) is 24.3. The summed E-state index contributed by atoms with van der Waals surface area (Å²) >= 11 is 17.8. The molecular weight excluding hydrogens is 627 g/mol. The van der Waals surface area contributed by atoms with E-state index in [1.54, 1.807) is 27.7 Å². The van der Waals surface area contributed by atoms with Crippen LogP contribution in [-0.4, -0.2) is 45.8 Å². The van der Waals surface area contributed by atoms with Crippen molar-refractivity contribution in [3.05, 3.63) is 40.6 Å². The standard InChI is InChI=1S/C30H31Cl3O10/c1-28(2,12-31)25(37)41-18-8-7-15(9-19(18)42-26(38)29(3,4)13-32)23-24(43-27(39)30(5,6)14-33)22(36)21-17(35)10-16(34)11-20(21)40-23/h7-11,34-35H,12-14H2,1-6H3. The van der Waals surface area contributed by atoms with Gasteiger partial charge >= 0.3 is 17.9 Å². The first kappa shape index (κ1) is 34.0. The third-order valence-corrected chi connectivity index (χ3v) is 8.39. The molecule has 0 aliphatic rings. The van der Waals surface area contributed by atoms with Gasteiger partial charge in [0.25, 0.3) is 0 Å². The molecule has 0 spiro atoms. The van der Waals surface area contributed by atoms with Crippen molar-refractivity contribution in [2.24, 2.45) is 16.2 Å². The predicted molar refractivity (Wildman–Crippen MR) is 162 cm³/mol. The number of aromatic hydroxyl groups is 2. The molecule has 0 amide bonds. The van der Waals surface area contributed by atoms with E-state index in [0.29, 0.717) is 0 Å². The molecule has 0 fully saturated rings. The Kier molecular flexibility index (Phi) is 10.0. The molecule has 1 aromatic heterocycles. The van der Waals surface area contributed by atoms with Gasteiger partial charge in [0.1, 0.15) is 22.5 Å². The highest BCUT2D eigenvalue weighted by atomic mass is 35.5. The van der Waals surface area contributed by atoms with Gasteiger partial charge in [-0.3, -0.25) is 19.2 Å². The Morgan fingerprint density at radius 2 is 1.23 bits per heavy atom. The normalized spacial score (nSPS) is 12.2. The first-order valence-electron chi connectivity index (χ1n) is 12.9. The summed E-state index contributed by atoms with van der Waals surface area (Å²) in [6.45, 7) is 9.23. The van der Waals surface area contributed by atoms with E-state index >= 15 is 0 Å². The molecule has 0 unspecified atom stereocenters. The lowest BCUT2D eigenvalue weighted by molar-refractivity contribution is -0.145. The first-order valence-corrected chi connectivity index (χ1v) is 14.5. The number of carbonyl (C=O) groups is 3. The molecule has 232 valence electrons. The summed E-state index contributed by atoms with van der Waals surface area (Å²) in [4.78, 5) is 52.4. The van der Waals surface area contributed by atoms with Crippen LogP contribution in [-0.2, 0) is 14.4 Å². The van der Waals surface area contributed by atoms with Crippen molar-refractivity contribution in [3.8, 4) is 40.1 Å². The van der Waals surface area contributed by atoms with Crippen LogP contribution in [0.4, 0.5) is 0 Å². The van der Waals surface area contributed by atoms with Crippen LogP contribution in [0.25, 0.3) is 22.3 Å². The lowest BCUT2D eigenvalue weighted by Gasteiger charge is -2.23. The number of phenolic OH excluding ortho intramolecular Hbond substituents is 2. The van der Waals surface area contributed by atoms with Crippen molar-refractivity contribution in [2.45, 2.75) is 41.5 Å². The Morgan fingerprint density at radius 3 is 1.74 bits per heavy atom. The molecule has 3 aromatic rings. The van der Waals surface area contributed by atoms with E-state index in [-0.39, 0.29) is 51.4 Å². The molecule has 43 heavy (non-hydrogen) atoms. The Labute approximate surface area is 262 Å². The Hall–Kier alpha value is -3.47. The maximum Gasteiger partial charge on any atom is 0.318 e. The van der Waals surface area contributed by atoms with Crippen molar-refractivity contribution >= 4 is 63.7 Å². The number of esters is 3. The molecule has 3 rings (SSSR count). The van der Waals surface area contributed by atoms with E-state index in [2.05, 4.69) is 0 Å². The van der Waals surface area contributed by atoms with Crippen molar-refractivity contribution < 1.29 is 43.2 Å². The van der Waals surface area contributed by atoms with Gasteiger partial charge in [-0.05, 0) is 59.7 Å². The number of rotatable bonds is 10. The predicted octanol–water partition coefficient (Wildman–Crippen LogP) is 6.38. The van der Waals surface area contributed by atoms with Gasteiger partial charge in [-0.25, -0.2) is 0 Å². The molecule has 10 nitrogen and oxygen atoms in total. The molecule has 13 heteroatoms. The Bertz CT molecular complexity index is 1640. The van der Waals surface area contributed by atoms with Gasteiger partial charge in [0.15, 0.2) is 17.3 Å². The second-order valence-electron chi connectivity index (χ2n) is 11.8. The highest BCUT2D eigenvalue weighted by Gasteiger charge is 2.35. The molecule has 0 aliphatic carbocycles. The molecule has 0 atom stereocenters. The minimum absolute atomic E-state index is 0.0381. The van der Waals surface area contributed by atoms with E-state index in [9.17, 15) is 29.4 Å². The average molecular weight is 658 g/mol. The van der Waals surface area contributed by atoms with Crippen LogP contribution < -0.4 is 19.6 Å². The minimum atomic E-state index is -1.22. The van der Waals surface area contributed by atoms with Crippen molar-refractivity contribution in [1.29, 1.82) is 0 Å². The molecule has 2 N–H and O–H groups in total. The van der Waals surface area contributed by atoms with E-state index in [0.717, 1.165) is 12.1 Å². The lowest BCUT2D eigenvalue weighted by atomic mass is 9.96. The number of benzene rings is 2. The molecule has 0 saturated carbocycles. The molecule has 0 radical (unpaired) electrons. The molecular formula is C30H31Cl3O10. The fourth-order valence-corrected chi connectivity index (χ4v) is 3.56. The van der Waals surface area contributed by atoms with Gasteiger partial charge in [0, 0.05) is 35.3 Å². The van der Waals surface area contributed by atoms with Crippen LogP contribution in [0, 0.1) is 16.2 Å². The van der Waals surface area contributed by atoms with Crippen LogP contribution >= 0.6 is 34.8 Å². The Morgan fingerprint density at radius 1 is 0.744 bits per heavy atom. The summed E-state index contributed by atoms with van der Waals surface area (Å²) < 4.78 is 22.5. The molecule has 2 aromatic carbocycles. The summed E-state index contributed by atoms with van der Waals surface area (Å²) in [5.74, 6) is -5.03. The lowest BCUT2D eigenvalue weighted by Crippen LogP contribution is -2.32. The number of halogens is 3. The largest absolute Gasteiger partial charge is 0.508 e. The smallest absolute Gasteiger partial charge is 0.318 e. The van der Waals surface area contributed by atoms with Gasteiger partial charge in [0.2, 0.25) is 11.2 Å². The van der Waals surface area contributed by atoms with E-state index in [1.807, 2.05) is 0 Å². The number of ether oxygens (including phenoxy) is 3. The highest BCUT2D eigenvalue weighted by molar-refractivity contribution is 6.20. The number of fused-ring (bicyclic) bond motifs is 1. The van der Waals surface area contributed by atoms with Gasteiger partial charge in [-0.2, -0.15) is 0 Å². The van der Waals surface area contributed by atoms with Crippen LogP contribution in [0.3, 0.4) is 0 Å². The fraction of sp³-hybridized carbons (Fsp3) is 0.400. The van der Waals surface area contributed by atoms with Gasteiger partial charge in [-0.1, -0.05) is 0 Å². The topological polar surface area (TPSA) is 150 Å². The van der Waals surface area contributed by atoms with Crippen LogP contribution in [0.1, 0.15) is 41.5 Å². The summed E-state index contributed by atoms with van der Waals surface area (Å²) in [7, 11) is 0. The van der Waals surface area contributed by atoms with E-state index in [4.69, 9.17) is 53.4 Å². The van der Waals surface area contributed by atoms with Crippen LogP contribution in [0.15, 0.2) is 39.5 Å². The van der Waals surface area contributed by atoms with Crippen molar-refractivity contribution in [2.75, 3.05) is 17.6 Å². The maximum atomic E-state index is 13.6. The van der Waals surface area contributed by atoms with Crippen molar-refractivity contribution in [1.82, 2.24) is 0 Å². The number of carbonyl (C=O) groups excluding carboxylic acids is 3. The monoisotopic (exact) mass is 656 g/mol. The zero-order chi connectivity index (χ0) is 32.5.